The Morgan fingerprint density at radius 1 is 1.06 bits per heavy atom. The molecule has 1 unspecified atom stereocenters. The lowest BCUT2D eigenvalue weighted by atomic mass is 9.98. The maximum absolute atomic E-state index is 12.3. The standard InChI is InChI=1S/C25H26N4O5/c1-15(23(30)26-13-16-11-22(24(31)32)29(2)28-16)12-27-25(33)34-14-21-19-9-5-3-7-17(19)18-8-4-6-10-20(18)21/h3-11,15,21H,12-14H2,1-2H3,(H,26,30)(H,27,33)(H,31,32). The van der Waals surface area contributed by atoms with E-state index in [4.69, 9.17) is 9.84 Å². The number of aromatic nitrogens is 2. The Kier molecular flexibility index (Phi) is 6.62. The minimum atomic E-state index is -1.09. The van der Waals surface area contributed by atoms with Gasteiger partial charge in [0, 0.05) is 19.5 Å². The number of hydrogen-bond acceptors (Lipinski definition) is 5. The zero-order valence-corrected chi connectivity index (χ0v) is 18.9. The van der Waals surface area contributed by atoms with Crippen molar-refractivity contribution in [3.8, 4) is 11.1 Å². The minimum absolute atomic E-state index is 0.0343. The highest BCUT2D eigenvalue weighted by atomic mass is 16.5. The van der Waals surface area contributed by atoms with Crippen molar-refractivity contribution < 1.29 is 24.2 Å². The summed E-state index contributed by atoms with van der Waals surface area (Å²) in [5, 5.41) is 18.5. The number of carbonyl (C=O) groups excluding carboxylic acids is 2. The lowest BCUT2D eigenvalue weighted by Crippen LogP contribution is -2.37. The Bertz CT molecular complexity index is 1190. The maximum atomic E-state index is 12.3. The summed E-state index contributed by atoms with van der Waals surface area (Å²) in [4.78, 5) is 35.7. The van der Waals surface area contributed by atoms with Crippen LogP contribution in [0.3, 0.4) is 0 Å². The quantitative estimate of drug-likeness (QED) is 0.473. The number of aryl methyl sites for hydroxylation is 1. The molecule has 0 spiro atoms. The van der Waals surface area contributed by atoms with Gasteiger partial charge in [-0.05, 0) is 28.3 Å². The van der Waals surface area contributed by atoms with Gasteiger partial charge in [-0.15, -0.1) is 0 Å². The molecule has 3 N–H and O–H groups in total. The van der Waals surface area contributed by atoms with Crippen LogP contribution in [0.5, 0.6) is 0 Å². The number of carboxylic acid groups (broad SMARTS) is 1. The highest BCUT2D eigenvalue weighted by Gasteiger charge is 2.29. The van der Waals surface area contributed by atoms with Crippen LogP contribution in [0.2, 0.25) is 0 Å². The van der Waals surface area contributed by atoms with E-state index in [1.165, 1.54) is 17.8 Å². The zero-order valence-electron chi connectivity index (χ0n) is 18.9. The Labute approximate surface area is 196 Å². The van der Waals surface area contributed by atoms with Crippen molar-refractivity contribution in [1.82, 2.24) is 20.4 Å². The summed E-state index contributed by atoms with van der Waals surface area (Å²) in [6.45, 7) is 2.08. The van der Waals surface area contributed by atoms with Crippen LogP contribution in [0.25, 0.3) is 11.1 Å². The summed E-state index contributed by atoms with van der Waals surface area (Å²) < 4.78 is 6.73. The average Bonchev–Trinajstić information content (AvgIpc) is 3.37. The van der Waals surface area contributed by atoms with E-state index in [2.05, 4.69) is 40.0 Å². The zero-order chi connectivity index (χ0) is 24.2. The van der Waals surface area contributed by atoms with E-state index in [1.807, 2.05) is 24.3 Å². The number of benzene rings is 2. The van der Waals surface area contributed by atoms with E-state index in [9.17, 15) is 14.4 Å². The molecule has 0 aliphatic heterocycles. The van der Waals surface area contributed by atoms with Crippen molar-refractivity contribution in [2.75, 3.05) is 13.2 Å². The molecule has 2 aromatic carbocycles. The van der Waals surface area contributed by atoms with E-state index in [0.29, 0.717) is 5.69 Å². The van der Waals surface area contributed by atoms with Crippen molar-refractivity contribution in [1.29, 1.82) is 0 Å². The number of aromatic carboxylic acids is 1. The molecular weight excluding hydrogens is 436 g/mol. The van der Waals surface area contributed by atoms with Gasteiger partial charge in [-0.2, -0.15) is 5.10 Å². The van der Waals surface area contributed by atoms with Crippen LogP contribution in [0, 0.1) is 5.92 Å². The van der Waals surface area contributed by atoms with Crippen LogP contribution in [0.4, 0.5) is 4.79 Å². The van der Waals surface area contributed by atoms with Gasteiger partial charge < -0.3 is 20.5 Å². The average molecular weight is 463 g/mol. The lowest BCUT2D eigenvalue weighted by molar-refractivity contribution is -0.124. The van der Waals surface area contributed by atoms with Crippen LogP contribution in [-0.4, -0.2) is 46.0 Å². The highest BCUT2D eigenvalue weighted by Crippen LogP contribution is 2.44. The molecule has 2 amide bonds. The third-order valence-electron chi connectivity index (χ3n) is 5.94. The molecule has 0 saturated heterocycles. The molecule has 4 rings (SSSR count). The first-order valence-corrected chi connectivity index (χ1v) is 11.0. The predicted octanol–water partition coefficient (Wildman–Crippen LogP) is 2.91. The van der Waals surface area contributed by atoms with E-state index in [-0.39, 0.29) is 37.2 Å². The van der Waals surface area contributed by atoms with Gasteiger partial charge in [-0.1, -0.05) is 55.5 Å². The van der Waals surface area contributed by atoms with Crippen LogP contribution < -0.4 is 10.6 Å². The number of carbonyl (C=O) groups is 3. The third kappa shape index (κ3) is 4.78. The molecule has 176 valence electrons. The molecule has 1 aliphatic carbocycles. The smallest absolute Gasteiger partial charge is 0.407 e. The molecule has 34 heavy (non-hydrogen) atoms. The first-order valence-electron chi connectivity index (χ1n) is 11.0. The third-order valence-corrected chi connectivity index (χ3v) is 5.94. The van der Waals surface area contributed by atoms with Crippen molar-refractivity contribution in [3.05, 3.63) is 77.1 Å². The van der Waals surface area contributed by atoms with E-state index < -0.39 is 18.0 Å². The SMILES string of the molecule is CC(CNC(=O)OCC1c2ccccc2-c2ccccc21)C(=O)NCc1cc(C(=O)O)n(C)n1. The van der Waals surface area contributed by atoms with E-state index >= 15 is 0 Å². The Hall–Kier alpha value is -4.14. The second-order valence-electron chi connectivity index (χ2n) is 8.27. The first-order chi connectivity index (χ1) is 16.3. The van der Waals surface area contributed by atoms with Gasteiger partial charge in [-0.25, -0.2) is 9.59 Å². The molecule has 0 fully saturated rings. The molecule has 0 radical (unpaired) electrons. The number of ether oxygens (including phenoxy) is 1. The van der Waals surface area contributed by atoms with Gasteiger partial charge in [0.25, 0.3) is 0 Å². The lowest BCUT2D eigenvalue weighted by Gasteiger charge is -2.16. The molecule has 1 atom stereocenters. The van der Waals surface area contributed by atoms with E-state index in [1.54, 1.807) is 6.92 Å². The molecule has 1 heterocycles. The van der Waals surface area contributed by atoms with Crippen molar-refractivity contribution in [3.63, 3.8) is 0 Å². The van der Waals surface area contributed by atoms with Crippen LogP contribution in [0.1, 0.15) is 40.2 Å². The first kappa shape index (κ1) is 23.0. The number of carboxylic acids is 1. The normalized spacial score (nSPS) is 13.0. The second-order valence-corrected chi connectivity index (χ2v) is 8.27. The molecule has 0 saturated carbocycles. The Morgan fingerprint density at radius 2 is 1.68 bits per heavy atom. The topological polar surface area (TPSA) is 123 Å². The number of rotatable bonds is 8. The Balaban J connectivity index is 1.25. The summed E-state index contributed by atoms with van der Waals surface area (Å²) >= 11 is 0. The van der Waals surface area contributed by atoms with Crippen molar-refractivity contribution >= 4 is 18.0 Å². The molecule has 1 aliphatic rings. The van der Waals surface area contributed by atoms with Gasteiger partial charge in [0.15, 0.2) is 0 Å². The largest absolute Gasteiger partial charge is 0.477 e. The fourth-order valence-electron chi connectivity index (χ4n) is 4.14. The van der Waals surface area contributed by atoms with Gasteiger partial charge in [0.1, 0.15) is 12.3 Å². The summed E-state index contributed by atoms with van der Waals surface area (Å²) in [5.74, 6) is -1.93. The number of fused-ring (bicyclic) bond motifs is 3. The van der Waals surface area contributed by atoms with Gasteiger partial charge in [0.05, 0.1) is 18.2 Å². The number of nitrogens with one attached hydrogen (secondary N) is 2. The summed E-state index contributed by atoms with van der Waals surface area (Å²) in [7, 11) is 1.52. The van der Waals surface area contributed by atoms with E-state index in [0.717, 1.165) is 22.3 Å². The maximum Gasteiger partial charge on any atom is 0.407 e. The van der Waals surface area contributed by atoms with Gasteiger partial charge in [-0.3, -0.25) is 9.48 Å². The number of nitrogens with zero attached hydrogens (tertiary/aromatic N) is 2. The molecular formula is C25H26N4O5. The molecule has 1 aromatic heterocycles. The summed E-state index contributed by atoms with van der Waals surface area (Å²) in [5.41, 5.74) is 5.04. The molecule has 0 bridgehead atoms. The highest BCUT2D eigenvalue weighted by molar-refractivity contribution is 5.85. The molecule has 9 heteroatoms. The van der Waals surface area contributed by atoms with Crippen molar-refractivity contribution in [2.45, 2.75) is 19.4 Å². The van der Waals surface area contributed by atoms with Crippen LogP contribution in [-0.2, 0) is 23.1 Å². The number of hydrogen-bond donors (Lipinski definition) is 3. The number of amides is 2. The van der Waals surface area contributed by atoms with Crippen LogP contribution >= 0.6 is 0 Å². The van der Waals surface area contributed by atoms with Gasteiger partial charge >= 0.3 is 12.1 Å². The van der Waals surface area contributed by atoms with Crippen LogP contribution in [0.15, 0.2) is 54.6 Å². The minimum Gasteiger partial charge on any atom is -0.477 e. The molecule has 3 aromatic rings. The second kappa shape index (κ2) is 9.78. The predicted molar refractivity (Wildman–Crippen MR) is 124 cm³/mol. The van der Waals surface area contributed by atoms with Gasteiger partial charge in [0.2, 0.25) is 5.91 Å². The monoisotopic (exact) mass is 462 g/mol. The molecule has 9 nitrogen and oxygen atoms in total. The fourth-order valence-corrected chi connectivity index (χ4v) is 4.14. The summed E-state index contributed by atoms with van der Waals surface area (Å²) in [6, 6.07) is 17.6. The number of alkyl carbamates (subject to hydrolysis) is 1. The Morgan fingerprint density at radius 3 is 2.26 bits per heavy atom. The van der Waals surface area contributed by atoms with Crippen molar-refractivity contribution in [2.24, 2.45) is 13.0 Å². The summed E-state index contributed by atoms with van der Waals surface area (Å²) in [6.07, 6.45) is -0.586. The fraction of sp³-hybridized carbons (Fsp3) is 0.280.